The zero-order chi connectivity index (χ0) is 19.0. The van der Waals surface area contributed by atoms with Crippen LogP contribution in [0.15, 0.2) is 36.8 Å². The van der Waals surface area contributed by atoms with Crippen molar-refractivity contribution in [1.29, 1.82) is 0 Å². The molecule has 4 rings (SSSR count). The van der Waals surface area contributed by atoms with E-state index in [2.05, 4.69) is 54.1 Å². The predicted octanol–water partition coefficient (Wildman–Crippen LogP) is 3.33. The molecule has 4 aromatic rings. The first-order chi connectivity index (χ1) is 13.0. The van der Waals surface area contributed by atoms with E-state index < -0.39 is 0 Å². The first kappa shape index (κ1) is 17.0. The summed E-state index contributed by atoms with van der Waals surface area (Å²) in [5, 5.41) is 10.6. The van der Waals surface area contributed by atoms with Crippen LogP contribution in [-0.4, -0.2) is 34.3 Å². The number of imidazole rings is 1. The highest BCUT2D eigenvalue weighted by Gasteiger charge is 2.12. The average molecular weight is 363 g/mol. The minimum atomic E-state index is 0.318. The third-order valence-electron chi connectivity index (χ3n) is 4.13. The number of nitrogens with zero attached hydrogens (tertiary/aromatic N) is 7. The highest BCUT2D eigenvalue weighted by atomic mass is 15.3. The second kappa shape index (κ2) is 6.67. The summed E-state index contributed by atoms with van der Waals surface area (Å²) in [6.07, 6.45) is 5.31. The first-order valence-electron chi connectivity index (χ1n) is 8.71. The van der Waals surface area contributed by atoms with E-state index in [1.165, 1.54) is 0 Å². The van der Waals surface area contributed by atoms with Crippen LogP contribution >= 0.6 is 0 Å². The quantitative estimate of drug-likeness (QED) is 0.561. The van der Waals surface area contributed by atoms with Gasteiger partial charge in [0.25, 0.3) is 0 Å². The van der Waals surface area contributed by atoms with E-state index >= 15 is 0 Å². The summed E-state index contributed by atoms with van der Waals surface area (Å²) in [6, 6.07) is 5.96. The molecule has 0 unspecified atom stereocenters. The van der Waals surface area contributed by atoms with Gasteiger partial charge in [-0.3, -0.25) is 4.68 Å². The van der Waals surface area contributed by atoms with Crippen LogP contribution in [0.5, 0.6) is 0 Å². The van der Waals surface area contributed by atoms with Gasteiger partial charge in [-0.2, -0.15) is 10.1 Å². The van der Waals surface area contributed by atoms with Crippen molar-refractivity contribution in [1.82, 2.24) is 34.3 Å². The fourth-order valence-electron chi connectivity index (χ4n) is 3.06. The molecule has 0 aliphatic heterocycles. The fourth-order valence-corrected chi connectivity index (χ4v) is 3.06. The Morgan fingerprint density at radius 1 is 1.00 bits per heavy atom. The lowest BCUT2D eigenvalue weighted by molar-refractivity contribution is 0.600. The first-order valence-corrected chi connectivity index (χ1v) is 8.71. The Balaban J connectivity index is 1.60. The molecule has 0 saturated carbocycles. The van der Waals surface area contributed by atoms with Gasteiger partial charge in [0, 0.05) is 37.6 Å². The lowest BCUT2D eigenvalue weighted by Gasteiger charge is -2.11. The molecule has 0 radical (unpaired) electrons. The molecule has 0 fully saturated rings. The maximum Gasteiger partial charge on any atom is 0.230 e. The average Bonchev–Trinajstić information content (AvgIpc) is 3.16. The molecule has 9 heteroatoms. The summed E-state index contributed by atoms with van der Waals surface area (Å²) < 4.78 is 3.90. The summed E-state index contributed by atoms with van der Waals surface area (Å²) in [6.45, 7) is 6.29. The number of hydrogen-bond acceptors (Lipinski definition) is 7. The van der Waals surface area contributed by atoms with Gasteiger partial charge in [0.2, 0.25) is 5.95 Å². The maximum atomic E-state index is 4.57. The fraction of sp³-hybridized carbons (Fsp3) is 0.278. The Labute approximate surface area is 156 Å². The molecule has 0 atom stereocenters. The van der Waals surface area contributed by atoms with Crippen molar-refractivity contribution in [3.05, 3.63) is 42.6 Å². The Morgan fingerprint density at radius 2 is 1.85 bits per heavy atom. The number of fused-ring (bicyclic) bond motifs is 1. The zero-order valence-corrected chi connectivity index (χ0v) is 15.7. The normalized spacial score (nSPS) is 11.3. The van der Waals surface area contributed by atoms with E-state index in [-0.39, 0.29) is 0 Å². The van der Waals surface area contributed by atoms with Gasteiger partial charge in [0.05, 0.1) is 11.7 Å². The molecule has 0 aromatic carbocycles. The van der Waals surface area contributed by atoms with Gasteiger partial charge in [-0.1, -0.05) is 0 Å². The van der Waals surface area contributed by atoms with Crippen LogP contribution in [0, 0.1) is 6.92 Å². The molecule has 138 valence electrons. The summed E-state index contributed by atoms with van der Waals surface area (Å²) in [4.78, 5) is 17.7. The van der Waals surface area contributed by atoms with Crippen LogP contribution in [0.2, 0.25) is 0 Å². The topological polar surface area (TPSA) is 98.4 Å². The lowest BCUT2D eigenvalue weighted by atomic mass is 10.3. The highest BCUT2D eigenvalue weighted by molar-refractivity contribution is 5.79. The molecular weight excluding hydrogens is 342 g/mol. The molecule has 9 nitrogen and oxygen atoms in total. The minimum absolute atomic E-state index is 0.318. The number of hydrogen-bond donors (Lipinski definition) is 2. The Hall–Kier alpha value is -3.49. The SMILES string of the molecule is Cc1nc2cnc(Nc3ccnc(Nc4ccn(C)n4)n3)cc2n1C(C)C. The van der Waals surface area contributed by atoms with E-state index in [9.17, 15) is 0 Å². The highest BCUT2D eigenvalue weighted by Crippen LogP contribution is 2.23. The summed E-state index contributed by atoms with van der Waals surface area (Å²) in [7, 11) is 1.86. The van der Waals surface area contributed by atoms with Crippen LogP contribution in [0.4, 0.5) is 23.4 Å². The summed E-state index contributed by atoms with van der Waals surface area (Å²) >= 11 is 0. The molecule has 0 amide bonds. The second-order valence-corrected chi connectivity index (χ2v) is 6.57. The van der Waals surface area contributed by atoms with Crippen molar-refractivity contribution in [2.24, 2.45) is 7.05 Å². The number of anilines is 4. The monoisotopic (exact) mass is 363 g/mol. The van der Waals surface area contributed by atoms with Crippen molar-refractivity contribution < 1.29 is 0 Å². The number of rotatable bonds is 5. The van der Waals surface area contributed by atoms with Crippen molar-refractivity contribution in [2.75, 3.05) is 10.6 Å². The van der Waals surface area contributed by atoms with Gasteiger partial charge in [-0.25, -0.2) is 15.0 Å². The number of aromatic nitrogens is 7. The number of pyridine rings is 1. The third kappa shape index (κ3) is 3.43. The third-order valence-corrected chi connectivity index (χ3v) is 4.13. The van der Waals surface area contributed by atoms with Crippen molar-refractivity contribution in [3.63, 3.8) is 0 Å². The number of nitrogens with one attached hydrogen (secondary N) is 2. The van der Waals surface area contributed by atoms with Gasteiger partial charge in [0.1, 0.15) is 23.0 Å². The Kier molecular flexibility index (Phi) is 4.19. The van der Waals surface area contributed by atoms with Crippen molar-refractivity contribution in [3.8, 4) is 0 Å². The number of aryl methyl sites for hydroxylation is 2. The zero-order valence-electron chi connectivity index (χ0n) is 15.7. The molecule has 4 heterocycles. The molecule has 0 saturated heterocycles. The molecule has 0 bridgehead atoms. The van der Waals surface area contributed by atoms with Gasteiger partial charge in [-0.15, -0.1) is 0 Å². The van der Waals surface area contributed by atoms with Gasteiger partial charge in [0.15, 0.2) is 5.82 Å². The van der Waals surface area contributed by atoms with Crippen LogP contribution in [0.25, 0.3) is 11.0 Å². The van der Waals surface area contributed by atoms with Crippen LogP contribution in [0.3, 0.4) is 0 Å². The van der Waals surface area contributed by atoms with Crippen LogP contribution in [-0.2, 0) is 7.05 Å². The molecule has 0 spiro atoms. The maximum absolute atomic E-state index is 4.57. The molecule has 4 aromatic heterocycles. The van der Waals surface area contributed by atoms with E-state index in [4.69, 9.17) is 0 Å². The smallest absolute Gasteiger partial charge is 0.230 e. The van der Waals surface area contributed by atoms with Crippen molar-refractivity contribution >= 4 is 34.4 Å². The molecule has 2 N–H and O–H groups in total. The molecule has 0 aliphatic carbocycles. The van der Waals surface area contributed by atoms with Crippen LogP contribution in [0.1, 0.15) is 25.7 Å². The van der Waals surface area contributed by atoms with E-state index in [1.807, 2.05) is 32.3 Å². The van der Waals surface area contributed by atoms with Gasteiger partial charge < -0.3 is 15.2 Å². The lowest BCUT2D eigenvalue weighted by Crippen LogP contribution is -2.04. The Morgan fingerprint density at radius 3 is 2.59 bits per heavy atom. The Bertz CT molecular complexity index is 1090. The van der Waals surface area contributed by atoms with Gasteiger partial charge in [-0.05, 0) is 26.8 Å². The standard InChI is InChI=1S/C18H21N9/c1-11(2)27-12(3)21-13-10-20-17(9-14(13)27)22-15-5-7-19-18(23-15)24-16-6-8-26(4)25-16/h5-11H,1-4H3,(H2,19,20,22,23,24,25). The van der Waals surface area contributed by atoms with Gasteiger partial charge >= 0.3 is 0 Å². The second-order valence-electron chi connectivity index (χ2n) is 6.57. The van der Waals surface area contributed by atoms with Crippen LogP contribution < -0.4 is 10.6 Å². The molecule has 0 aliphatic rings. The molecule has 27 heavy (non-hydrogen) atoms. The predicted molar refractivity (Wildman–Crippen MR) is 104 cm³/mol. The summed E-state index contributed by atoms with van der Waals surface area (Å²) in [5.41, 5.74) is 1.92. The minimum Gasteiger partial charge on any atom is -0.326 e. The largest absolute Gasteiger partial charge is 0.326 e. The molecular formula is C18H21N9. The van der Waals surface area contributed by atoms with E-state index in [1.54, 1.807) is 23.1 Å². The summed E-state index contributed by atoms with van der Waals surface area (Å²) in [5.74, 6) is 3.46. The van der Waals surface area contributed by atoms with E-state index in [0.717, 1.165) is 16.9 Å². The van der Waals surface area contributed by atoms with Crippen molar-refractivity contribution in [2.45, 2.75) is 26.8 Å². The van der Waals surface area contributed by atoms with E-state index in [0.29, 0.717) is 29.4 Å².